The van der Waals surface area contributed by atoms with Gasteiger partial charge in [-0.1, -0.05) is 18.2 Å². The first kappa shape index (κ1) is 17.5. The van der Waals surface area contributed by atoms with Gasteiger partial charge in [0.05, 0.1) is 22.0 Å². The predicted octanol–water partition coefficient (Wildman–Crippen LogP) is 1.89. The minimum absolute atomic E-state index is 0.0884. The first-order valence-corrected chi connectivity index (χ1v) is 9.18. The zero-order chi connectivity index (χ0) is 18.7. The maximum Gasteiger partial charge on any atom is 0.263 e. The van der Waals surface area contributed by atoms with E-state index in [1.807, 2.05) is 30.3 Å². The van der Waals surface area contributed by atoms with E-state index in [-0.39, 0.29) is 10.9 Å². The first-order valence-electron chi connectivity index (χ1n) is 7.70. The van der Waals surface area contributed by atoms with Gasteiger partial charge in [-0.3, -0.25) is 4.72 Å². The molecule has 0 amide bonds. The van der Waals surface area contributed by atoms with Crippen LogP contribution in [0.3, 0.4) is 0 Å². The number of guanidine groups is 1. The lowest BCUT2D eigenvalue weighted by Crippen LogP contribution is -2.21. The molecule has 26 heavy (non-hydrogen) atoms. The fourth-order valence-corrected chi connectivity index (χ4v) is 3.42. The van der Waals surface area contributed by atoms with Crippen molar-refractivity contribution in [1.29, 1.82) is 0 Å². The Morgan fingerprint density at radius 3 is 2.35 bits per heavy atom. The van der Waals surface area contributed by atoms with E-state index in [0.717, 1.165) is 5.69 Å². The molecule has 134 valence electrons. The van der Waals surface area contributed by atoms with Crippen LogP contribution in [0.1, 0.15) is 5.69 Å². The van der Waals surface area contributed by atoms with Crippen molar-refractivity contribution in [1.82, 2.24) is 9.78 Å². The summed E-state index contributed by atoms with van der Waals surface area (Å²) >= 11 is 0. The monoisotopic (exact) mass is 370 g/mol. The number of aryl methyl sites for hydroxylation is 1. The van der Waals surface area contributed by atoms with E-state index in [4.69, 9.17) is 11.5 Å². The van der Waals surface area contributed by atoms with Gasteiger partial charge in [0.25, 0.3) is 10.0 Å². The van der Waals surface area contributed by atoms with Crippen molar-refractivity contribution >= 4 is 27.5 Å². The van der Waals surface area contributed by atoms with Crippen LogP contribution in [0.5, 0.6) is 0 Å². The van der Waals surface area contributed by atoms with Crippen LogP contribution < -0.4 is 16.2 Å². The topological polar surface area (TPSA) is 128 Å². The Kier molecular flexibility index (Phi) is 4.63. The second kappa shape index (κ2) is 6.89. The van der Waals surface area contributed by atoms with Crippen LogP contribution in [0.25, 0.3) is 5.69 Å². The number of para-hydroxylation sites is 1. The number of aliphatic imine (C=N–C) groups is 1. The average Bonchev–Trinajstić information content (AvgIpc) is 2.95. The molecule has 3 rings (SSSR count). The van der Waals surface area contributed by atoms with Crippen molar-refractivity contribution in [2.24, 2.45) is 16.5 Å². The highest BCUT2D eigenvalue weighted by Crippen LogP contribution is 2.22. The van der Waals surface area contributed by atoms with Gasteiger partial charge in [0.1, 0.15) is 5.82 Å². The van der Waals surface area contributed by atoms with Crippen molar-refractivity contribution in [3.05, 3.63) is 66.4 Å². The van der Waals surface area contributed by atoms with Crippen molar-refractivity contribution in [2.75, 3.05) is 4.72 Å². The summed E-state index contributed by atoms with van der Waals surface area (Å²) in [5.41, 5.74) is 12.5. The van der Waals surface area contributed by atoms with Crippen LogP contribution in [0.15, 0.2) is 70.6 Å². The van der Waals surface area contributed by atoms with E-state index < -0.39 is 10.0 Å². The number of aromatic nitrogens is 2. The summed E-state index contributed by atoms with van der Waals surface area (Å²) in [4.78, 5) is 3.96. The summed E-state index contributed by atoms with van der Waals surface area (Å²) in [7, 11) is -3.80. The Hall–Kier alpha value is -3.33. The van der Waals surface area contributed by atoms with Gasteiger partial charge in [0.15, 0.2) is 5.96 Å². The van der Waals surface area contributed by atoms with Gasteiger partial charge in [-0.25, -0.2) is 18.1 Å². The normalized spacial score (nSPS) is 11.1. The number of benzene rings is 2. The van der Waals surface area contributed by atoms with Gasteiger partial charge >= 0.3 is 0 Å². The van der Waals surface area contributed by atoms with Crippen LogP contribution in [-0.2, 0) is 10.0 Å². The zero-order valence-corrected chi connectivity index (χ0v) is 14.8. The number of hydrogen-bond donors (Lipinski definition) is 3. The third-order valence-corrected chi connectivity index (χ3v) is 4.85. The molecule has 1 aromatic heterocycles. The molecule has 0 saturated carbocycles. The molecule has 0 spiro atoms. The standard InChI is InChI=1S/C17H18N6O2S/c1-12-11-16(23(21-12)14-5-3-2-4-6-14)22-26(24,25)15-9-7-13(8-10-15)20-17(18)19/h2-11,22H,1H3,(H4,18,19,20). The van der Waals surface area contributed by atoms with Crippen LogP contribution in [0, 0.1) is 6.92 Å². The van der Waals surface area contributed by atoms with Crippen molar-refractivity contribution in [3.63, 3.8) is 0 Å². The number of sulfonamides is 1. The smallest absolute Gasteiger partial charge is 0.263 e. The van der Waals surface area contributed by atoms with Crippen molar-refractivity contribution in [3.8, 4) is 5.69 Å². The lowest BCUT2D eigenvalue weighted by molar-refractivity contribution is 0.600. The molecule has 1 heterocycles. The quantitative estimate of drug-likeness (QED) is 0.467. The Morgan fingerprint density at radius 2 is 1.73 bits per heavy atom. The Morgan fingerprint density at radius 1 is 1.08 bits per heavy atom. The van der Waals surface area contributed by atoms with Crippen LogP contribution in [0.2, 0.25) is 0 Å². The Labute approximate surface area is 151 Å². The Balaban J connectivity index is 1.92. The molecular formula is C17H18N6O2S. The van der Waals surface area contributed by atoms with Gasteiger partial charge < -0.3 is 11.5 Å². The van der Waals surface area contributed by atoms with Gasteiger partial charge in [-0.15, -0.1) is 0 Å². The summed E-state index contributed by atoms with van der Waals surface area (Å²) in [5, 5.41) is 4.35. The molecule has 0 saturated heterocycles. The molecule has 0 aliphatic carbocycles. The summed E-state index contributed by atoms with van der Waals surface area (Å²) in [6.45, 7) is 1.79. The average molecular weight is 370 g/mol. The zero-order valence-electron chi connectivity index (χ0n) is 14.0. The molecule has 0 aliphatic heterocycles. The molecule has 5 N–H and O–H groups in total. The van der Waals surface area contributed by atoms with E-state index >= 15 is 0 Å². The van der Waals surface area contributed by atoms with Gasteiger partial charge in [-0.2, -0.15) is 5.10 Å². The van der Waals surface area contributed by atoms with Crippen LogP contribution in [-0.4, -0.2) is 24.2 Å². The highest BCUT2D eigenvalue weighted by Gasteiger charge is 2.18. The Bertz CT molecular complexity index is 1040. The summed E-state index contributed by atoms with van der Waals surface area (Å²) in [6, 6.07) is 16.8. The minimum Gasteiger partial charge on any atom is -0.370 e. The molecule has 8 nitrogen and oxygen atoms in total. The number of rotatable bonds is 5. The molecule has 0 aliphatic rings. The van der Waals surface area contributed by atoms with E-state index in [2.05, 4.69) is 14.8 Å². The second-order valence-corrected chi connectivity index (χ2v) is 7.24. The van der Waals surface area contributed by atoms with Crippen molar-refractivity contribution < 1.29 is 8.42 Å². The largest absolute Gasteiger partial charge is 0.370 e. The maximum absolute atomic E-state index is 12.7. The lowest BCUT2D eigenvalue weighted by Gasteiger charge is -2.10. The van der Waals surface area contributed by atoms with Crippen LogP contribution >= 0.6 is 0 Å². The number of anilines is 1. The van der Waals surface area contributed by atoms with Gasteiger partial charge in [-0.05, 0) is 43.3 Å². The number of nitrogens with one attached hydrogen (secondary N) is 1. The third-order valence-electron chi connectivity index (χ3n) is 3.48. The fourth-order valence-electron chi connectivity index (χ4n) is 2.38. The number of nitrogens with two attached hydrogens (primary N) is 2. The lowest BCUT2D eigenvalue weighted by atomic mass is 10.3. The highest BCUT2D eigenvalue weighted by molar-refractivity contribution is 7.92. The summed E-state index contributed by atoms with van der Waals surface area (Å²) < 4.78 is 29.5. The third kappa shape index (κ3) is 3.83. The first-order chi connectivity index (χ1) is 12.3. The molecule has 0 radical (unpaired) electrons. The van der Waals surface area contributed by atoms with Crippen LogP contribution in [0.4, 0.5) is 11.5 Å². The van der Waals surface area contributed by atoms with E-state index in [9.17, 15) is 8.42 Å². The fraction of sp³-hybridized carbons (Fsp3) is 0.0588. The molecule has 0 unspecified atom stereocenters. The molecule has 2 aromatic carbocycles. The SMILES string of the molecule is Cc1cc(NS(=O)(=O)c2ccc(N=C(N)N)cc2)n(-c2ccccc2)n1. The molecule has 9 heteroatoms. The number of nitrogens with zero attached hydrogens (tertiary/aromatic N) is 3. The molecule has 0 atom stereocenters. The van der Waals surface area contributed by atoms with Crippen molar-refractivity contribution in [2.45, 2.75) is 11.8 Å². The molecular weight excluding hydrogens is 352 g/mol. The van der Waals surface area contributed by atoms with E-state index in [1.165, 1.54) is 24.3 Å². The molecule has 0 fully saturated rings. The van der Waals surface area contributed by atoms with E-state index in [1.54, 1.807) is 17.7 Å². The minimum atomic E-state index is -3.80. The predicted molar refractivity (Wildman–Crippen MR) is 101 cm³/mol. The van der Waals surface area contributed by atoms with E-state index in [0.29, 0.717) is 17.2 Å². The summed E-state index contributed by atoms with van der Waals surface area (Å²) in [5.74, 6) is 0.253. The molecule has 3 aromatic rings. The summed E-state index contributed by atoms with van der Waals surface area (Å²) in [6.07, 6.45) is 0. The molecule has 0 bridgehead atoms. The van der Waals surface area contributed by atoms with Gasteiger partial charge in [0, 0.05) is 6.07 Å². The maximum atomic E-state index is 12.7. The van der Waals surface area contributed by atoms with Gasteiger partial charge in [0.2, 0.25) is 0 Å². The highest BCUT2D eigenvalue weighted by atomic mass is 32.2. The number of hydrogen-bond acceptors (Lipinski definition) is 4. The second-order valence-electron chi connectivity index (χ2n) is 5.55.